The van der Waals surface area contributed by atoms with Gasteiger partial charge in [0.15, 0.2) is 5.96 Å². The molecule has 1 aromatic carbocycles. The second kappa shape index (κ2) is 9.97. The first kappa shape index (κ1) is 20.0. The number of hydrogen-bond donors (Lipinski definition) is 2. The van der Waals surface area contributed by atoms with Gasteiger partial charge in [0, 0.05) is 20.3 Å². The van der Waals surface area contributed by atoms with Crippen LogP contribution in [-0.4, -0.2) is 33.3 Å². The van der Waals surface area contributed by atoms with Crippen LogP contribution in [0.5, 0.6) is 5.75 Å². The summed E-state index contributed by atoms with van der Waals surface area (Å²) in [5, 5.41) is 3.13. The lowest BCUT2D eigenvalue weighted by atomic mass is 9.83. The van der Waals surface area contributed by atoms with Crippen LogP contribution in [0, 0.1) is 5.41 Å². The summed E-state index contributed by atoms with van der Waals surface area (Å²) in [6.07, 6.45) is 6.02. The van der Waals surface area contributed by atoms with Gasteiger partial charge < -0.3 is 20.5 Å². The molecule has 0 amide bonds. The van der Waals surface area contributed by atoms with Gasteiger partial charge in [0.1, 0.15) is 5.75 Å². The fraction of sp³-hybridized carbons (Fsp3) is 0.588. The van der Waals surface area contributed by atoms with Gasteiger partial charge in [0.25, 0.3) is 0 Å². The van der Waals surface area contributed by atoms with Crippen molar-refractivity contribution in [3.8, 4) is 5.75 Å². The molecule has 0 radical (unpaired) electrons. The molecule has 0 aromatic heterocycles. The molecule has 6 heteroatoms. The van der Waals surface area contributed by atoms with E-state index < -0.39 is 0 Å². The van der Waals surface area contributed by atoms with Crippen LogP contribution in [0.25, 0.3) is 0 Å². The maximum absolute atomic E-state index is 6.05. The van der Waals surface area contributed by atoms with Crippen LogP contribution in [0.15, 0.2) is 29.3 Å². The van der Waals surface area contributed by atoms with Gasteiger partial charge in [0.05, 0.1) is 12.8 Å². The molecule has 3 N–H and O–H groups in total. The summed E-state index contributed by atoms with van der Waals surface area (Å²) in [6.45, 7) is 1.54. The van der Waals surface area contributed by atoms with Crippen molar-refractivity contribution >= 4 is 35.6 Å². The minimum atomic E-state index is 0. The summed E-state index contributed by atoms with van der Waals surface area (Å²) < 4.78 is 10.6. The van der Waals surface area contributed by atoms with Crippen LogP contribution in [0.4, 0.5) is 5.69 Å². The van der Waals surface area contributed by atoms with E-state index in [1.165, 1.54) is 25.7 Å². The van der Waals surface area contributed by atoms with Crippen LogP contribution < -0.4 is 15.8 Å². The molecular weight excluding hydrogens is 405 g/mol. The molecule has 130 valence electrons. The number of para-hydroxylation sites is 2. The Hall–Kier alpha value is -1.02. The van der Waals surface area contributed by atoms with Gasteiger partial charge in [-0.25, -0.2) is 0 Å². The number of hydrogen-bond acceptors (Lipinski definition) is 3. The Labute approximate surface area is 156 Å². The van der Waals surface area contributed by atoms with Crippen LogP contribution >= 0.6 is 24.0 Å². The minimum Gasteiger partial charge on any atom is -0.495 e. The first-order chi connectivity index (χ1) is 10.7. The number of methoxy groups -OCH3 is 2. The highest BCUT2D eigenvalue weighted by atomic mass is 127. The number of ether oxygens (including phenoxy) is 2. The summed E-state index contributed by atoms with van der Waals surface area (Å²) in [4.78, 5) is 4.57. The second-order valence-electron chi connectivity index (χ2n) is 5.98. The molecule has 0 bridgehead atoms. The lowest BCUT2D eigenvalue weighted by molar-refractivity contribution is 0.141. The monoisotopic (exact) mass is 433 g/mol. The van der Waals surface area contributed by atoms with Gasteiger partial charge in [-0.15, -0.1) is 24.0 Å². The number of aliphatic imine (C=N–C) groups is 1. The summed E-state index contributed by atoms with van der Waals surface area (Å²) in [7, 11) is 3.40. The number of rotatable bonds is 7. The van der Waals surface area contributed by atoms with Gasteiger partial charge in [-0.05, 0) is 36.8 Å². The van der Waals surface area contributed by atoms with E-state index in [4.69, 9.17) is 15.2 Å². The quantitative estimate of drug-likeness (QED) is 0.392. The topological polar surface area (TPSA) is 68.9 Å². The molecule has 1 aromatic rings. The van der Waals surface area contributed by atoms with E-state index in [2.05, 4.69) is 10.3 Å². The largest absolute Gasteiger partial charge is 0.495 e. The zero-order valence-electron chi connectivity index (χ0n) is 14.0. The van der Waals surface area contributed by atoms with Gasteiger partial charge in [-0.2, -0.15) is 0 Å². The molecule has 2 rings (SSSR count). The number of nitrogens with zero attached hydrogens (tertiary/aromatic N) is 1. The average molecular weight is 433 g/mol. The van der Waals surface area contributed by atoms with E-state index in [0.29, 0.717) is 5.96 Å². The van der Waals surface area contributed by atoms with Gasteiger partial charge in [-0.3, -0.25) is 4.99 Å². The lowest BCUT2D eigenvalue weighted by Crippen LogP contribution is -2.28. The number of guanidine groups is 1. The van der Waals surface area contributed by atoms with Crippen molar-refractivity contribution < 1.29 is 9.47 Å². The summed E-state index contributed by atoms with van der Waals surface area (Å²) in [5.74, 6) is 1.20. The number of nitrogens with one attached hydrogen (secondary N) is 1. The van der Waals surface area contributed by atoms with E-state index in [1.54, 1.807) is 14.2 Å². The Morgan fingerprint density at radius 3 is 2.61 bits per heavy atom. The molecule has 1 fully saturated rings. The fourth-order valence-corrected chi connectivity index (χ4v) is 3.11. The molecule has 23 heavy (non-hydrogen) atoms. The predicted molar refractivity (Wildman–Crippen MR) is 106 cm³/mol. The predicted octanol–water partition coefficient (Wildman–Crippen LogP) is 3.64. The van der Waals surface area contributed by atoms with Crippen molar-refractivity contribution in [2.24, 2.45) is 16.1 Å². The molecule has 0 unspecified atom stereocenters. The van der Waals surface area contributed by atoms with Crippen molar-refractivity contribution in [1.82, 2.24) is 0 Å². The van der Waals surface area contributed by atoms with Crippen molar-refractivity contribution in [1.29, 1.82) is 0 Å². The third-order valence-electron chi connectivity index (χ3n) is 4.46. The van der Waals surface area contributed by atoms with Crippen LogP contribution in [-0.2, 0) is 4.74 Å². The molecule has 0 heterocycles. The zero-order valence-corrected chi connectivity index (χ0v) is 16.3. The Kier molecular flexibility index (Phi) is 8.68. The molecule has 1 saturated carbocycles. The molecule has 0 aliphatic heterocycles. The number of benzene rings is 1. The fourth-order valence-electron chi connectivity index (χ4n) is 3.11. The lowest BCUT2D eigenvalue weighted by Gasteiger charge is -2.26. The third kappa shape index (κ3) is 5.84. The standard InChI is InChI=1S/C17H27N3O2.HI/c1-21-12-11-17(9-5-6-10-17)13-19-16(18)20-14-7-3-4-8-15(14)22-2;/h3-4,7-8H,5-6,9-13H2,1-2H3,(H3,18,19,20);1H. The highest BCUT2D eigenvalue weighted by molar-refractivity contribution is 14.0. The maximum atomic E-state index is 6.05. The molecule has 1 aliphatic rings. The van der Waals surface area contributed by atoms with E-state index in [1.807, 2.05) is 24.3 Å². The maximum Gasteiger partial charge on any atom is 0.193 e. The molecule has 0 saturated heterocycles. The first-order valence-electron chi connectivity index (χ1n) is 7.88. The molecule has 5 nitrogen and oxygen atoms in total. The van der Waals surface area contributed by atoms with Crippen molar-refractivity contribution in [2.75, 3.05) is 32.7 Å². The van der Waals surface area contributed by atoms with Gasteiger partial charge >= 0.3 is 0 Å². The van der Waals surface area contributed by atoms with E-state index in [-0.39, 0.29) is 29.4 Å². The summed E-state index contributed by atoms with van der Waals surface area (Å²) >= 11 is 0. The summed E-state index contributed by atoms with van der Waals surface area (Å²) in [5.41, 5.74) is 7.14. The van der Waals surface area contributed by atoms with E-state index >= 15 is 0 Å². The molecular formula is C17H28IN3O2. The van der Waals surface area contributed by atoms with Crippen molar-refractivity contribution in [3.05, 3.63) is 24.3 Å². The van der Waals surface area contributed by atoms with Crippen LogP contribution in [0.3, 0.4) is 0 Å². The molecule has 1 aliphatic carbocycles. The Morgan fingerprint density at radius 2 is 1.96 bits per heavy atom. The first-order valence-corrected chi connectivity index (χ1v) is 7.88. The van der Waals surface area contributed by atoms with E-state index in [9.17, 15) is 0 Å². The van der Waals surface area contributed by atoms with Gasteiger partial charge in [0.2, 0.25) is 0 Å². The van der Waals surface area contributed by atoms with E-state index in [0.717, 1.165) is 31.0 Å². The number of anilines is 1. The molecule has 0 atom stereocenters. The third-order valence-corrected chi connectivity index (χ3v) is 4.46. The van der Waals surface area contributed by atoms with Crippen LogP contribution in [0.2, 0.25) is 0 Å². The number of halogens is 1. The normalized spacial score (nSPS) is 16.7. The Bertz CT molecular complexity index is 502. The number of nitrogens with two attached hydrogens (primary N) is 1. The zero-order chi connectivity index (χ0) is 15.8. The summed E-state index contributed by atoms with van der Waals surface area (Å²) in [6, 6.07) is 7.69. The minimum absolute atomic E-state index is 0. The average Bonchev–Trinajstić information content (AvgIpc) is 3.01. The SMILES string of the molecule is COCCC1(CN=C(N)Nc2ccccc2OC)CCCC1.I. The smallest absolute Gasteiger partial charge is 0.193 e. The van der Waals surface area contributed by atoms with Crippen molar-refractivity contribution in [2.45, 2.75) is 32.1 Å². The second-order valence-corrected chi connectivity index (χ2v) is 5.98. The van der Waals surface area contributed by atoms with Crippen LogP contribution in [0.1, 0.15) is 32.1 Å². The Morgan fingerprint density at radius 1 is 1.26 bits per heavy atom. The molecule has 0 spiro atoms. The highest BCUT2D eigenvalue weighted by Gasteiger charge is 2.33. The van der Waals surface area contributed by atoms with Crippen molar-refractivity contribution in [3.63, 3.8) is 0 Å². The Balaban J connectivity index is 0.00000264. The van der Waals surface area contributed by atoms with Gasteiger partial charge in [-0.1, -0.05) is 25.0 Å². The highest BCUT2D eigenvalue weighted by Crippen LogP contribution is 2.41.